The minimum Gasteiger partial charge on any atom is -0.457 e. The maximum atomic E-state index is 12.0. The summed E-state index contributed by atoms with van der Waals surface area (Å²) in [6.07, 6.45) is 14.6. The Morgan fingerprint density at radius 2 is 1.91 bits per heavy atom. The number of carbonyl (C=O) groups excluding carboxylic acids is 1. The standard InChI is InChI=1S/C38H58N2O7.H2/c1-23(41)45-33(35(4,5)42)28-9-7-26-29(46-28)17-27-25-8-10-30-34(2,3)31(11-12-38(30)21-37(25,38)14-13-36(26,27)6)47-32-19-40(15-16-44-32)18-24-20-43-22-39-24;/h20,22,25-33,42H,7-19,21H2,1-6H3;1H/t25?,26?,27?,28?,29?,30?,31-,32?,33-,36?,37-,38+;/m0./s1. The molecule has 2 aliphatic heterocycles. The first-order chi connectivity index (χ1) is 22.3. The van der Waals surface area contributed by atoms with Crippen LogP contribution < -0.4 is 0 Å². The molecule has 0 bridgehead atoms. The van der Waals surface area contributed by atoms with Crippen LogP contribution in [0, 0.1) is 45.3 Å². The van der Waals surface area contributed by atoms with Gasteiger partial charge in [0.1, 0.15) is 6.26 Å². The van der Waals surface area contributed by atoms with E-state index in [4.69, 9.17) is 23.4 Å². The molecule has 7 aliphatic rings. The Morgan fingerprint density at radius 3 is 2.66 bits per heavy atom. The molecule has 1 aromatic heterocycles. The number of hydrogen-bond donors (Lipinski definition) is 1. The zero-order valence-corrected chi connectivity index (χ0v) is 29.5. The first kappa shape index (κ1) is 32.7. The number of ether oxygens (including phenoxy) is 4. The summed E-state index contributed by atoms with van der Waals surface area (Å²) in [5.41, 5.74) is 1.15. The zero-order chi connectivity index (χ0) is 33.0. The number of aromatic nitrogens is 1. The lowest BCUT2D eigenvalue weighted by Gasteiger charge is -2.60. The van der Waals surface area contributed by atoms with Crippen LogP contribution in [-0.4, -0.2) is 77.0 Å². The average molecular weight is 657 g/mol. The monoisotopic (exact) mass is 656 g/mol. The van der Waals surface area contributed by atoms with Crippen molar-refractivity contribution in [2.75, 3.05) is 19.7 Å². The third kappa shape index (κ3) is 5.10. The van der Waals surface area contributed by atoms with Gasteiger partial charge in [0, 0.05) is 21.4 Å². The summed E-state index contributed by atoms with van der Waals surface area (Å²) in [7, 11) is 0. The Bertz CT molecular complexity index is 1330. The smallest absolute Gasteiger partial charge is 0.303 e. The van der Waals surface area contributed by atoms with Crippen molar-refractivity contribution in [1.82, 2.24) is 9.88 Å². The number of carbonyl (C=O) groups is 1. The van der Waals surface area contributed by atoms with Crippen molar-refractivity contribution in [1.29, 1.82) is 0 Å². The zero-order valence-electron chi connectivity index (χ0n) is 29.5. The van der Waals surface area contributed by atoms with Gasteiger partial charge in [-0.3, -0.25) is 9.69 Å². The van der Waals surface area contributed by atoms with Crippen molar-refractivity contribution in [3.8, 4) is 0 Å². The summed E-state index contributed by atoms with van der Waals surface area (Å²) >= 11 is 0. The molecule has 1 N–H and O–H groups in total. The Hall–Kier alpha value is -1.52. The third-order valence-electron chi connectivity index (χ3n) is 15.2. The predicted molar refractivity (Wildman–Crippen MR) is 176 cm³/mol. The number of hydrogen-bond acceptors (Lipinski definition) is 9. The molecule has 264 valence electrons. The van der Waals surface area contributed by atoms with Crippen LogP contribution in [0.1, 0.15) is 113 Å². The molecule has 8 rings (SSSR count). The number of aliphatic hydroxyl groups is 1. The second-order valence-corrected chi connectivity index (χ2v) is 18.2. The lowest BCUT2D eigenvalue weighted by molar-refractivity contribution is -0.246. The van der Waals surface area contributed by atoms with Crippen molar-refractivity contribution in [2.45, 2.75) is 149 Å². The molecule has 8 unspecified atom stereocenters. The molecule has 5 saturated carbocycles. The van der Waals surface area contributed by atoms with Crippen molar-refractivity contribution in [3.05, 3.63) is 18.4 Å². The second-order valence-electron chi connectivity index (χ2n) is 18.2. The van der Waals surface area contributed by atoms with Crippen molar-refractivity contribution in [2.24, 2.45) is 45.3 Å². The third-order valence-corrected chi connectivity index (χ3v) is 15.2. The second kappa shape index (κ2) is 11.2. The van der Waals surface area contributed by atoms with E-state index in [0.29, 0.717) is 40.6 Å². The van der Waals surface area contributed by atoms with Crippen molar-refractivity contribution in [3.63, 3.8) is 0 Å². The Balaban J connectivity index is 0.00000364. The fraction of sp³-hybridized carbons (Fsp3) is 0.895. The number of rotatable bonds is 7. The molecular weight excluding hydrogens is 596 g/mol. The lowest BCUT2D eigenvalue weighted by Crippen LogP contribution is -2.56. The molecule has 7 fully saturated rings. The molecule has 1 aromatic rings. The maximum absolute atomic E-state index is 12.0. The van der Waals surface area contributed by atoms with Gasteiger partial charge in [-0.05, 0) is 123 Å². The normalized spacial score (nSPS) is 46.3. The van der Waals surface area contributed by atoms with Crippen LogP contribution in [0.25, 0.3) is 0 Å². The summed E-state index contributed by atoms with van der Waals surface area (Å²) in [4.78, 5) is 18.6. The molecule has 0 radical (unpaired) electrons. The van der Waals surface area contributed by atoms with Crippen LogP contribution >= 0.6 is 0 Å². The fourth-order valence-electron chi connectivity index (χ4n) is 13.2. The van der Waals surface area contributed by atoms with Gasteiger partial charge in [-0.1, -0.05) is 20.8 Å². The number of esters is 1. The Morgan fingerprint density at radius 1 is 1.11 bits per heavy atom. The molecule has 12 atom stereocenters. The highest BCUT2D eigenvalue weighted by Gasteiger charge is 2.80. The molecule has 47 heavy (non-hydrogen) atoms. The summed E-state index contributed by atoms with van der Waals surface area (Å²) < 4.78 is 30.8. The molecule has 0 amide bonds. The first-order valence-electron chi connectivity index (χ1n) is 18.7. The van der Waals surface area contributed by atoms with Crippen LogP contribution in [-0.2, 0) is 30.3 Å². The van der Waals surface area contributed by atoms with E-state index in [1.165, 1.54) is 51.8 Å². The maximum Gasteiger partial charge on any atom is 0.303 e. The van der Waals surface area contributed by atoms with E-state index in [-0.39, 0.29) is 37.4 Å². The van der Waals surface area contributed by atoms with E-state index in [1.54, 1.807) is 20.1 Å². The summed E-state index contributed by atoms with van der Waals surface area (Å²) in [5, 5.41) is 10.9. The highest BCUT2D eigenvalue weighted by atomic mass is 16.7. The van der Waals surface area contributed by atoms with Crippen LogP contribution in [0.5, 0.6) is 0 Å². The van der Waals surface area contributed by atoms with Crippen LogP contribution in [0.4, 0.5) is 0 Å². The van der Waals surface area contributed by atoms with Gasteiger partial charge in [0.25, 0.3) is 0 Å². The molecule has 9 heteroatoms. The summed E-state index contributed by atoms with van der Waals surface area (Å²) in [6, 6.07) is 0. The first-order valence-corrected chi connectivity index (χ1v) is 18.7. The minimum absolute atomic E-state index is 0. The molecule has 9 nitrogen and oxygen atoms in total. The van der Waals surface area contributed by atoms with Crippen LogP contribution in [0.3, 0.4) is 0 Å². The molecule has 2 saturated heterocycles. The van der Waals surface area contributed by atoms with E-state index >= 15 is 0 Å². The Kier molecular flexibility index (Phi) is 7.82. The van der Waals surface area contributed by atoms with Gasteiger partial charge >= 0.3 is 5.97 Å². The van der Waals surface area contributed by atoms with Gasteiger partial charge in [-0.2, -0.15) is 0 Å². The lowest BCUT2D eigenvalue weighted by atomic mass is 9.46. The largest absolute Gasteiger partial charge is 0.457 e. The highest BCUT2D eigenvalue weighted by Crippen LogP contribution is 2.87. The quantitative estimate of drug-likeness (QED) is 0.335. The van der Waals surface area contributed by atoms with Gasteiger partial charge < -0.3 is 28.5 Å². The minimum atomic E-state index is -1.14. The molecular formula is C38H60N2O7. The molecule has 0 aromatic carbocycles. The summed E-state index contributed by atoms with van der Waals surface area (Å²) in [6.45, 7) is 15.6. The topological polar surface area (TPSA) is 103 Å². The fourth-order valence-corrected chi connectivity index (χ4v) is 13.2. The number of morpholine rings is 1. The van der Waals surface area contributed by atoms with Gasteiger partial charge in [0.15, 0.2) is 18.8 Å². The molecule has 3 heterocycles. The van der Waals surface area contributed by atoms with Crippen LogP contribution in [0.2, 0.25) is 0 Å². The molecule has 2 spiro atoms. The highest BCUT2D eigenvalue weighted by molar-refractivity contribution is 5.66. The van der Waals surface area contributed by atoms with Crippen molar-refractivity contribution < 1.29 is 34.7 Å². The van der Waals surface area contributed by atoms with E-state index < -0.39 is 11.7 Å². The van der Waals surface area contributed by atoms with E-state index in [9.17, 15) is 9.90 Å². The predicted octanol–water partition coefficient (Wildman–Crippen LogP) is 6.37. The van der Waals surface area contributed by atoms with Crippen molar-refractivity contribution >= 4 is 5.97 Å². The van der Waals surface area contributed by atoms with Gasteiger partial charge in [-0.25, -0.2) is 4.98 Å². The molecule has 5 aliphatic carbocycles. The number of nitrogens with zero attached hydrogens (tertiary/aromatic N) is 2. The van der Waals surface area contributed by atoms with Gasteiger partial charge in [-0.15, -0.1) is 0 Å². The van der Waals surface area contributed by atoms with Gasteiger partial charge in [0.05, 0.1) is 42.8 Å². The number of oxazole rings is 1. The Labute approximate surface area is 282 Å². The average Bonchev–Trinajstić information content (AvgIpc) is 3.23. The van der Waals surface area contributed by atoms with Crippen LogP contribution in [0.15, 0.2) is 17.1 Å². The SMILES string of the molecule is CC(=O)O[C@@H](C1CCC2C(CC3C4CCC5C(C)(C)[C@@H](OC6CN(Cc7cocn7)CCO6)CC[C@@]56C[C@@]46CCC23C)O1)C(C)(C)O.[HH]. The number of fused-ring (bicyclic) bond motifs is 4. The van der Waals surface area contributed by atoms with Gasteiger partial charge in [0.2, 0.25) is 0 Å². The van der Waals surface area contributed by atoms with E-state index in [0.717, 1.165) is 56.9 Å². The van der Waals surface area contributed by atoms with E-state index in [2.05, 4.69) is 30.7 Å². The van der Waals surface area contributed by atoms with E-state index in [1.807, 2.05) is 0 Å². The summed E-state index contributed by atoms with van der Waals surface area (Å²) in [5.74, 6) is 2.33.